The number of aryl methyl sites for hydroxylation is 1. The minimum absolute atomic E-state index is 0.0756. The first-order valence-electron chi connectivity index (χ1n) is 5.92. The van der Waals surface area contributed by atoms with Gasteiger partial charge in [-0.2, -0.15) is 5.10 Å². The SMILES string of the molecule is CCc1[nH]nc(C(=O)N(C)CCS(C)(=O)=O)c1S(=O)(=O)Cl. The molecular formula is C10H16ClN3O5S2. The summed E-state index contributed by atoms with van der Waals surface area (Å²) in [5.41, 5.74) is -0.109. The number of rotatable bonds is 6. The molecule has 0 aliphatic carbocycles. The number of hydrogen-bond acceptors (Lipinski definition) is 6. The molecule has 0 atom stereocenters. The first-order chi connectivity index (χ1) is 9.47. The van der Waals surface area contributed by atoms with Gasteiger partial charge in [0.2, 0.25) is 0 Å². The Morgan fingerprint density at radius 3 is 2.33 bits per heavy atom. The first-order valence-corrected chi connectivity index (χ1v) is 10.3. The number of carbonyl (C=O) groups excluding carboxylic acids is 1. The maximum absolute atomic E-state index is 12.2. The maximum atomic E-state index is 12.2. The van der Waals surface area contributed by atoms with Crippen molar-refractivity contribution in [2.75, 3.05) is 25.6 Å². The molecule has 0 bridgehead atoms. The Kier molecular flexibility index (Phi) is 5.40. The van der Waals surface area contributed by atoms with Gasteiger partial charge in [0.1, 0.15) is 14.7 Å². The highest BCUT2D eigenvalue weighted by molar-refractivity contribution is 8.13. The van der Waals surface area contributed by atoms with Gasteiger partial charge in [0.25, 0.3) is 15.0 Å². The molecule has 0 aliphatic rings. The van der Waals surface area contributed by atoms with Gasteiger partial charge in [-0.05, 0) is 6.42 Å². The Balaban J connectivity index is 3.11. The van der Waals surface area contributed by atoms with E-state index >= 15 is 0 Å². The fourth-order valence-corrected chi connectivity index (χ4v) is 3.55. The Morgan fingerprint density at radius 2 is 1.90 bits per heavy atom. The number of nitrogens with zero attached hydrogens (tertiary/aromatic N) is 2. The van der Waals surface area contributed by atoms with Gasteiger partial charge in [-0.25, -0.2) is 16.8 Å². The standard InChI is InChI=1S/C10H16ClN3O5S2/c1-4-7-9(21(11,18)19)8(13-12-7)10(15)14(2)5-6-20(3,16)17/h4-6H2,1-3H3,(H,12,13). The fraction of sp³-hybridized carbons (Fsp3) is 0.600. The molecule has 1 aromatic heterocycles. The first kappa shape index (κ1) is 17.9. The smallest absolute Gasteiger partial charge is 0.275 e. The van der Waals surface area contributed by atoms with E-state index in [1.807, 2.05) is 0 Å². The van der Waals surface area contributed by atoms with Crippen molar-refractivity contribution in [3.8, 4) is 0 Å². The zero-order valence-corrected chi connectivity index (χ0v) is 14.1. The van der Waals surface area contributed by atoms with Crippen LogP contribution in [-0.4, -0.2) is 63.4 Å². The summed E-state index contributed by atoms with van der Waals surface area (Å²) in [6, 6.07) is 0. The lowest BCUT2D eigenvalue weighted by atomic mass is 10.3. The second-order valence-electron chi connectivity index (χ2n) is 4.53. The monoisotopic (exact) mass is 357 g/mol. The van der Waals surface area contributed by atoms with E-state index < -0.39 is 24.8 Å². The highest BCUT2D eigenvalue weighted by Gasteiger charge is 2.29. The van der Waals surface area contributed by atoms with E-state index in [4.69, 9.17) is 10.7 Å². The molecule has 0 saturated carbocycles. The Bertz CT molecular complexity index is 739. The van der Waals surface area contributed by atoms with Gasteiger partial charge < -0.3 is 4.90 Å². The number of carbonyl (C=O) groups is 1. The normalized spacial score (nSPS) is 12.4. The number of aromatic amines is 1. The van der Waals surface area contributed by atoms with Crippen LogP contribution in [0.5, 0.6) is 0 Å². The van der Waals surface area contributed by atoms with Crippen LogP contribution in [0.1, 0.15) is 23.1 Å². The van der Waals surface area contributed by atoms with Gasteiger partial charge in [0, 0.05) is 30.5 Å². The van der Waals surface area contributed by atoms with E-state index in [0.29, 0.717) is 6.42 Å². The lowest BCUT2D eigenvalue weighted by Crippen LogP contribution is -2.32. The van der Waals surface area contributed by atoms with Gasteiger partial charge >= 0.3 is 0 Å². The predicted octanol–water partition coefficient (Wildman–Crippen LogP) is 0.0162. The van der Waals surface area contributed by atoms with Crippen LogP contribution in [-0.2, 0) is 25.3 Å². The molecule has 1 aromatic rings. The number of H-pyrrole nitrogens is 1. The van der Waals surface area contributed by atoms with Crippen LogP contribution < -0.4 is 0 Å². The number of sulfone groups is 1. The molecule has 1 rings (SSSR count). The molecule has 1 amide bonds. The van der Waals surface area contributed by atoms with E-state index in [1.165, 1.54) is 7.05 Å². The van der Waals surface area contributed by atoms with E-state index in [-0.39, 0.29) is 28.6 Å². The molecule has 0 aromatic carbocycles. The zero-order valence-electron chi connectivity index (χ0n) is 11.8. The van der Waals surface area contributed by atoms with E-state index in [1.54, 1.807) is 6.92 Å². The van der Waals surface area contributed by atoms with Gasteiger partial charge in [-0.15, -0.1) is 0 Å². The molecule has 0 saturated heterocycles. The van der Waals surface area contributed by atoms with Crippen LogP contribution in [0.25, 0.3) is 0 Å². The maximum Gasteiger partial charge on any atom is 0.275 e. The third-order valence-corrected chi connectivity index (χ3v) is 5.05. The second-order valence-corrected chi connectivity index (χ2v) is 9.29. The van der Waals surface area contributed by atoms with Crippen LogP contribution in [0.4, 0.5) is 0 Å². The molecule has 0 unspecified atom stereocenters. The second kappa shape index (κ2) is 6.32. The summed E-state index contributed by atoms with van der Waals surface area (Å²) in [6.45, 7) is 1.61. The topological polar surface area (TPSA) is 117 Å². The summed E-state index contributed by atoms with van der Waals surface area (Å²) < 4.78 is 45.3. The van der Waals surface area contributed by atoms with Crippen molar-refractivity contribution in [3.63, 3.8) is 0 Å². The van der Waals surface area contributed by atoms with Crippen molar-refractivity contribution < 1.29 is 21.6 Å². The van der Waals surface area contributed by atoms with Crippen molar-refractivity contribution in [3.05, 3.63) is 11.4 Å². The molecule has 1 N–H and O–H groups in total. The van der Waals surface area contributed by atoms with Crippen molar-refractivity contribution in [2.24, 2.45) is 0 Å². The molecule has 120 valence electrons. The van der Waals surface area contributed by atoms with Crippen LogP contribution >= 0.6 is 10.7 Å². The van der Waals surface area contributed by atoms with Gasteiger partial charge in [-0.1, -0.05) is 6.92 Å². The minimum Gasteiger partial charge on any atom is -0.339 e. The Morgan fingerprint density at radius 1 is 1.33 bits per heavy atom. The van der Waals surface area contributed by atoms with Gasteiger partial charge in [-0.3, -0.25) is 9.89 Å². The van der Waals surface area contributed by atoms with E-state index in [9.17, 15) is 21.6 Å². The highest BCUT2D eigenvalue weighted by atomic mass is 35.7. The average molecular weight is 358 g/mol. The largest absolute Gasteiger partial charge is 0.339 e. The molecular weight excluding hydrogens is 342 g/mol. The molecule has 0 aliphatic heterocycles. The molecule has 11 heteroatoms. The van der Waals surface area contributed by atoms with Gasteiger partial charge in [0.15, 0.2) is 5.69 Å². The number of hydrogen-bond donors (Lipinski definition) is 1. The summed E-state index contributed by atoms with van der Waals surface area (Å²) in [7, 11) is -0.689. The Hall–Kier alpha value is -1.13. The van der Waals surface area contributed by atoms with Crippen molar-refractivity contribution in [2.45, 2.75) is 18.2 Å². The molecule has 0 radical (unpaired) electrons. The van der Waals surface area contributed by atoms with Crippen molar-refractivity contribution in [1.29, 1.82) is 0 Å². The summed E-state index contributed by atoms with van der Waals surface area (Å²) in [5, 5.41) is 6.15. The van der Waals surface area contributed by atoms with E-state index in [2.05, 4.69) is 10.2 Å². The summed E-state index contributed by atoms with van der Waals surface area (Å²) in [5.74, 6) is -0.947. The van der Waals surface area contributed by atoms with Crippen LogP contribution in [0.15, 0.2) is 4.90 Å². The van der Waals surface area contributed by atoms with Gasteiger partial charge in [0.05, 0.1) is 11.4 Å². The molecule has 0 fully saturated rings. The van der Waals surface area contributed by atoms with E-state index in [0.717, 1.165) is 11.2 Å². The lowest BCUT2D eigenvalue weighted by Gasteiger charge is -2.15. The van der Waals surface area contributed by atoms with Crippen LogP contribution in [0.3, 0.4) is 0 Å². The molecule has 1 heterocycles. The number of amides is 1. The molecule has 21 heavy (non-hydrogen) atoms. The zero-order chi connectivity index (χ0) is 16.4. The fourth-order valence-electron chi connectivity index (χ4n) is 1.60. The van der Waals surface area contributed by atoms with Crippen LogP contribution in [0, 0.1) is 0 Å². The number of halogens is 1. The molecule has 8 nitrogen and oxygen atoms in total. The lowest BCUT2D eigenvalue weighted by molar-refractivity contribution is 0.0794. The quantitative estimate of drug-likeness (QED) is 0.717. The van der Waals surface area contributed by atoms with Crippen molar-refractivity contribution in [1.82, 2.24) is 15.1 Å². The predicted molar refractivity (Wildman–Crippen MR) is 77.7 cm³/mol. The minimum atomic E-state index is -4.14. The third kappa shape index (κ3) is 4.68. The summed E-state index contributed by atoms with van der Waals surface area (Å²) in [6.07, 6.45) is 1.35. The molecule has 0 spiro atoms. The average Bonchev–Trinajstić information content (AvgIpc) is 2.77. The van der Waals surface area contributed by atoms with Crippen LogP contribution in [0.2, 0.25) is 0 Å². The highest BCUT2D eigenvalue weighted by Crippen LogP contribution is 2.23. The third-order valence-electron chi connectivity index (χ3n) is 2.74. The number of nitrogens with one attached hydrogen (secondary N) is 1. The Labute approximate surface area is 127 Å². The number of aromatic nitrogens is 2. The van der Waals surface area contributed by atoms with Crippen molar-refractivity contribution >= 4 is 35.5 Å². The summed E-state index contributed by atoms with van der Waals surface area (Å²) in [4.78, 5) is 12.9. The summed E-state index contributed by atoms with van der Waals surface area (Å²) >= 11 is 0.